The number of nitrogens with one attached hydrogen (secondary N) is 1. The van der Waals surface area contributed by atoms with Gasteiger partial charge in [0.25, 0.3) is 0 Å². The summed E-state index contributed by atoms with van der Waals surface area (Å²) in [5.41, 5.74) is -1.72. The van der Waals surface area contributed by atoms with Crippen LogP contribution in [0.3, 0.4) is 0 Å². The minimum atomic E-state index is -4.46. The monoisotopic (exact) mass is 345 g/mol. The van der Waals surface area contributed by atoms with Crippen molar-refractivity contribution in [1.29, 1.82) is 0 Å². The van der Waals surface area contributed by atoms with Crippen LogP contribution in [0.15, 0.2) is 24.3 Å². The van der Waals surface area contributed by atoms with Gasteiger partial charge in [-0.15, -0.1) is 0 Å². The first-order valence-corrected chi connectivity index (χ1v) is 8.27. The molecule has 0 spiro atoms. The number of carbonyl (C=O) groups excluding carboxylic acids is 1. The molecule has 1 N–H and O–H groups in total. The van der Waals surface area contributed by atoms with Gasteiger partial charge in [0.2, 0.25) is 5.91 Å². The van der Waals surface area contributed by atoms with Crippen LogP contribution in [0.5, 0.6) is 5.75 Å². The second-order valence-corrected chi connectivity index (χ2v) is 6.40. The highest BCUT2D eigenvalue weighted by Gasteiger charge is 2.49. The Bertz CT molecular complexity index is 518. The lowest BCUT2D eigenvalue weighted by Gasteiger charge is -2.28. The lowest BCUT2D eigenvalue weighted by Crippen LogP contribution is -2.44. The maximum absolute atomic E-state index is 12.8. The fourth-order valence-electron chi connectivity index (χ4n) is 2.31. The number of carbonyl (C=O) groups is 1. The molecule has 1 amide bonds. The van der Waals surface area contributed by atoms with Crippen molar-refractivity contribution in [2.45, 2.75) is 65.2 Å². The molecule has 24 heavy (non-hydrogen) atoms. The van der Waals surface area contributed by atoms with Crippen LogP contribution < -0.4 is 10.1 Å². The van der Waals surface area contributed by atoms with Crippen molar-refractivity contribution in [2.75, 3.05) is 5.32 Å². The van der Waals surface area contributed by atoms with Gasteiger partial charge in [-0.1, -0.05) is 26.7 Å². The van der Waals surface area contributed by atoms with Crippen LogP contribution >= 0.6 is 0 Å². The topological polar surface area (TPSA) is 38.3 Å². The largest absolute Gasteiger partial charge is 0.478 e. The molecule has 1 aromatic carbocycles. The first kappa shape index (κ1) is 20.3. The number of alkyl halides is 3. The number of benzene rings is 1. The number of anilines is 1. The van der Waals surface area contributed by atoms with Crippen LogP contribution in [-0.4, -0.2) is 17.7 Å². The molecule has 0 aromatic heterocycles. The van der Waals surface area contributed by atoms with E-state index in [4.69, 9.17) is 4.74 Å². The van der Waals surface area contributed by atoms with Gasteiger partial charge in [-0.25, -0.2) is 0 Å². The lowest BCUT2D eigenvalue weighted by molar-refractivity contribution is -0.234. The van der Waals surface area contributed by atoms with E-state index in [0.717, 1.165) is 39.5 Å². The molecule has 6 heteroatoms. The predicted octanol–water partition coefficient (Wildman–Crippen LogP) is 5.56. The minimum absolute atomic E-state index is 0.0416. The third-order valence-electron chi connectivity index (χ3n) is 3.82. The summed E-state index contributed by atoms with van der Waals surface area (Å²) in [6.45, 7) is 6.01. The molecule has 0 aliphatic carbocycles. The predicted molar refractivity (Wildman–Crippen MR) is 89.1 cm³/mol. The molecule has 0 saturated carbocycles. The van der Waals surface area contributed by atoms with E-state index in [2.05, 4.69) is 5.32 Å². The second kappa shape index (κ2) is 8.40. The summed E-state index contributed by atoms with van der Waals surface area (Å²) in [5.74, 6) is 0.0112. The smallest absolute Gasteiger partial charge is 0.427 e. The standard InChI is InChI=1S/C18H26F3NO2/c1-5-7-13(8-6-2)16(23)22-14-9-11-15(12-10-14)24-17(3,4)18(19,20)21/h9-13H,5-8H2,1-4H3,(H,22,23). The molecule has 3 nitrogen and oxygen atoms in total. The Balaban J connectivity index is 2.72. The van der Waals surface area contributed by atoms with Gasteiger partial charge in [0.1, 0.15) is 5.75 Å². The zero-order valence-electron chi connectivity index (χ0n) is 14.7. The van der Waals surface area contributed by atoms with E-state index in [0.29, 0.717) is 5.69 Å². The van der Waals surface area contributed by atoms with E-state index in [1.165, 1.54) is 12.1 Å². The Morgan fingerprint density at radius 3 is 2.00 bits per heavy atom. The average Bonchev–Trinajstić information content (AvgIpc) is 2.47. The highest BCUT2D eigenvalue weighted by Crippen LogP contribution is 2.34. The van der Waals surface area contributed by atoms with Crippen LogP contribution in [0.1, 0.15) is 53.4 Å². The SMILES string of the molecule is CCCC(CCC)C(=O)Nc1ccc(OC(C)(C)C(F)(F)F)cc1. The molecule has 0 fully saturated rings. The molecule has 1 rings (SSSR count). The summed E-state index contributed by atoms with van der Waals surface area (Å²) in [5, 5.41) is 2.82. The Morgan fingerprint density at radius 2 is 1.58 bits per heavy atom. The van der Waals surface area contributed by atoms with Crippen molar-refractivity contribution in [3.05, 3.63) is 24.3 Å². The first-order chi connectivity index (χ1) is 11.1. The number of rotatable bonds is 8. The number of hydrogen-bond donors (Lipinski definition) is 1. The van der Waals surface area contributed by atoms with Crippen LogP contribution in [0, 0.1) is 5.92 Å². The zero-order chi connectivity index (χ0) is 18.4. The third kappa shape index (κ3) is 5.73. The second-order valence-electron chi connectivity index (χ2n) is 6.40. The van der Waals surface area contributed by atoms with Crippen molar-refractivity contribution in [3.63, 3.8) is 0 Å². The van der Waals surface area contributed by atoms with Crippen LogP contribution in [0.25, 0.3) is 0 Å². The number of amides is 1. The highest BCUT2D eigenvalue weighted by atomic mass is 19.4. The van der Waals surface area contributed by atoms with E-state index >= 15 is 0 Å². The van der Waals surface area contributed by atoms with Crippen molar-refractivity contribution in [1.82, 2.24) is 0 Å². The molecule has 0 aliphatic heterocycles. The van der Waals surface area contributed by atoms with Gasteiger partial charge in [0.05, 0.1) is 0 Å². The average molecular weight is 345 g/mol. The molecule has 0 saturated heterocycles. The zero-order valence-corrected chi connectivity index (χ0v) is 14.7. The summed E-state index contributed by atoms with van der Waals surface area (Å²) in [7, 11) is 0. The number of hydrogen-bond acceptors (Lipinski definition) is 2. The van der Waals surface area contributed by atoms with Crippen molar-refractivity contribution in [3.8, 4) is 5.75 Å². The van der Waals surface area contributed by atoms with Gasteiger partial charge in [0, 0.05) is 11.6 Å². The Hall–Kier alpha value is -1.72. The van der Waals surface area contributed by atoms with Crippen LogP contribution in [0.2, 0.25) is 0 Å². The maximum atomic E-state index is 12.8. The fraction of sp³-hybridized carbons (Fsp3) is 0.611. The molecule has 0 bridgehead atoms. The molecule has 0 aliphatic rings. The Kier molecular flexibility index (Phi) is 7.11. The van der Waals surface area contributed by atoms with Gasteiger partial charge >= 0.3 is 6.18 Å². The molecule has 136 valence electrons. The summed E-state index contributed by atoms with van der Waals surface area (Å²) in [4.78, 5) is 12.2. The molecular weight excluding hydrogens is 319 g/mol. The summed E-state index contributed by atoms with van der Waals surface area (Å²) >= 11 is 0. The van der Waals surface area contributed by atoms with E-state index in [9.17, 15) is 18.0 Å². The van der Waals surface area contributed by atoms with Crippen molar-refractivity contribution >= 4 is 11.6 Å². The summed E-state index contributed by atoms with van der Waals surface area (Å²) in [6.07, 6.45) is -0.969. The number of ether oxygens (including phenoxy) is 1. The van der Waals surface area contributed by atoms with E-state index < -0.39 is 11.8 Å². The molecule has 1 aromatic rings. The normalized spacial score (nSPS) is 12.3. The summed E-state index contributed by atoms with van der Waals surface area (Å²) in [6, 6.07) is 5.96. The van der Waals surface area contributed by atoms with E-state index in [1.54, 1.807) is 12.1 Å². The van der Waals surface area contributed by atoms with Crippen LogP contribution in [0.4, 0.5) is 18.9 Å². The van der Waals surface area contributed by atoms with Gasteiger partial charge in [-0.05, 0) is 51.0 Å². The first-order valence-electron chi connectivity index (χ1n) is 8.27. The Morgan fingerprint density at radius 1 is 1.08 bits per heavy atom. The quantitative estimate of drug-likeness (QED) is 0.670. The molecular formula is C18H26F3NO2. The lowest BCUT2D eigenvalue weighted by atomic mass is 9.97. The van der Waals surface area contributed by atoms with E-state index in [1.807, 2.05) is 13.8 Å². The molecule has 0 heterocycles. The highest BCUT2D eigenvalue weighted by molar-refractivity contribution is 5.92. The van der Waals surface area contributed by atoms with Gasteiger partial charge in [0.15, 0.2) is 5.60 Å². The third-order valence-corrected chi connectivity index (χ3v) is 3.82. The van der Waals surface area contributed by atoms with Crippen molar-refractivity contribution in [2.24, 2.45) is 5.92 Å². The van der Waals surface area contributed by atoms with Gasteiger partial charge < -0.3 is 10.1 Å². The Labute approximate surface area is 141 Å². The minimum Gasteiger partial charge on any atom is -0.478 e. The molecule has 0 atom stereocenters. The van der Waals surface area contributed by atoms with Crippen LogP contribution in [-0.2, 0) is 4.79 Å². The van der Waals surface area contributed by atoms with E-state index in [-0.39, 0.29) is 17.6 Å². The van der Waals surface area contributed by atoms with Gasteiger partial charge in [-0.2, -0.15) is 13.2 Å². The fourth-order valence-corrected chi connectivity index (χ4v) is 2.31. The molecule has 0 unspecified atom stereocenters. The van der Waals surface area contributed by atoms with Crippen molar-refractivity contribution < 1.29 is 22.7 Å². The molecule has 0 radical (unpaired) electrons. The number of halogens is 3. The maximum Gasteiger partial charge on any atom is 0.427 e. The summed E-state index contributed by atoms with van der Waals surface area (Å²) < 4.78 is 43.5. The van der Waals surface area contributed by atoms with Gasteiger partial charge in [-0.3, -0.25) is 4.79 Å².